The summed E-state index contributed by atoms with van der Waals surface area (Å²) in [5.41, 5.74) is 4.91. The van der Waals surface area contributed by atoms with E-state index in [1.165, 1.54) is 18.3 Å². The number of fused-ring (bicyclic) bond motifs is 1. The van der Waals surface area contributed by atoms with Gasteiger partial charge in [-0.15, -0.1) is 0 Å². The van der Waals surface area contributed by atoms with Gasteiger partial charge in [0.15, 0.2) is 0 Å². The quantitative estimate of drug-likeness (QED) is 0.796. The van der Waals surface area contributed by atoms with Gasteiger partial charge in [0.2, 0.25) is 0 Å². The molecule has 0 aliphatic carbocycles. The average Bonchev–Trinajstić information content (AvgIpc) is 2.26. The number of nitrogens with zero attached hydrogens (tertiary/aromatic N) is 2. The minimum Gasteiger partial charge on any atom is -0.388 e. The first-order valence-corrected chi connectivity index (χ1v) is 4.93. The Morgan fingerprint density at radius 1 is 1.24 bits per heavy atom. The SMILES string of the molecule is NC(=S)c1nccc2nc(C(F)(F)F)ccc12. The van der Waals surface area contributed by atoms with Crippen molar-refractivity contribution in [3.63, 3.8) is 0 Å². The molecule has 2 aromatic rings. The highest BCUT2D eigenvalue weighted by atomic mass is 32.1. The Hall–Kier alpha value is -1.76. The Bertz CT molecular complexity index is 595. The maximum absolute atomic E-state index is 12.4. The number of halogens is 3. The summed E-state index contributed by atoms with van der Waals surface area (Å²) in [6.45, 7) is 0. The van der Waals surface area contributed by atoms with Crippen molar-refractivity contribution in [2.45, 2.75) is 6.18 Å². The molecule has 17 heavy (non-hydrogen) atoms. The molecule has 0 fully saturated rings. The molecule has 0 radical (unpaired) electrons. The first kappa shape index (κ1) is 11.7. The molecule has 88 valence electrons. The summed E-state index contributed by atoms with van der Waals surface area (Å²) in [6, 6.07) is 3.53. The van der Waals surface area contributed by atoms with Gasteiger partial charge in [0, 0.05) is 11.6 Å². The Balaban J connectivity index is 2.69. The van der Waals surface area contributed by atoms with Crippen LogP contribution in [0, 0.1) is 0 Å². The van der Waals surface area contributed by atoms with E-state index in [1.54, 1.807) is 0 Å². The van der Waals surface area contributed by atoms with Crippen LogP contribution in [0.4, 0.5) is 13.2 Å². The number of hydrogen-bond donors (Lipinski definition) is 1. The highest BCUT2D eigenvalue weighted by molar-refractivity contribution is 7.80. The van der Waals surface area contributed by atoms with Crippen LogP contribution in [0.1, 0.15) is 11.4 Å². The number of pyridine rings is 2. The molecule has 0 bridgehead atoms. The van der Waals surface area contributed by atoms with Gasteiger partial charge in [0.25, 0.3) is 0 Å². The number of aromatic nitrogens is 2. The molecule has 0 aromatic carbocycles. The van der Waals surface area contributed by atoms with E-state index < -0.39 is 11.9 Å². The molecule has 2 aromatic heterocycles. The van der Waals surface area contributed by atoms with Gasteiger partial charge in [-0.25, -0.2) is 4.98 Å². The normalized spacial score (nSPS) is 11.7. The molecule has 0 saturated carbocycles. The zero-order chi connectivity index (χ0) is 12.6. The smallest absolute Gasteiger partial charge is 0.388 e. The number of hydrogen-bond acceptors (Lipinski definition) is 3. The second kappa shape index (κ2) is 3.92. The molecule has 0 unspecified atom stereocenters. The van der Waals surface area contributed by atoms with Crippen molar-refractivity contribution in [1.29, 1.82) is 0 Å². The molecule has 0 aliphatic rings. The third kappa shape index (κ3) is 2.19. The van der Waals surface area contributed by atoms with E-state index in [9.17, 15) is 13.2 Å². The predicted octanol–water partition coefficient (Wildman–Crippen LogP) is 2.28. The monoisotopic (exact) mass is 257 g/mol. The van der Waals surface area contributed by atoms with Crippen LogP contribution in [0.3, 0.4) is 0 Å². The lowest BCUT2D eigenvalue weighted by Gasteiger charge is -2.08. The van der Waals surface area contributed by atoms with Gasteiger partial charge in [-0.1, -0.05) is 12.2 Å². The maximum atomic E-state index is 12.4. The molecule has 7 heteroatoms. The van der Waals surface area contributed by atoms with Crippen LogP contribution in [0.5, 0.6) is 0 Å². The van der Waals surface area contributed by atoms with Crippen LogP contribution in [-0.2, 0) is 6.18 Å². The first-order chi connectivity index (χ1) is 7.89. The molecule has 3 nitrogen and oxygen atoms in total. The van der Waals surface area contributed by atoms with Gasteiger partial charge in [0.1, 0.15) is 16.4 Å². The lowest BCUT2D eigenvalue weighted by molar-refractivity contribution is -0.140. The zero-order valence-electron chi connectivity index (χ0n) is 8.32. The van der Waals surface area contributed by atoms with Crippen molar-refractivity contribution in [1.82, 2.24) is 9.97 Å². The van der Waals surface area contributed by atoms with Crippen molar-refractivity contribution >= 4 is 28.1 Å². The van der Waals surface area contributed by atoms with E-state index in [-0.39, 0.29) is 16.2 Å². The standard InChI is InChI=1S/C10H6F3N3S/c11-10(12,13)7-2-1-5-6(16-7)3-4-15-8(5)9(14)17/h1-4H,(H2,14,17). The Labute approximate surface area is 99.5 Å². The van der Waals surface area contributed by atoms with Crippen molar-refractivity contribution in [2.24, 2.45) is 5.73 Å². The third-order valence-corrected chi connectivity index (χ3v) is 2.33. The zero-order valence-corrected chi connectivity index (χ0v) is 9.14. The van der Waals surface area contributed by atoms with Crippen molar-refractivity contribution < 1.29 is 13.2 Å². The molecule has 0 amide bonds. The minimum atomic E-state index is -4.47. The van der Waals surface area contributed by atoms with Crippen LogP contribution >= 0.6 is 12.2 Å². The lowest BCUT2D eigenvalue weighted by Crippen LogP contribution is -2.13. The lowest BCUT2D eigenvalue weighted by atomic mass is 10.2. The second-order valence-electron chi connectivity index (χ2n) is 3.28. The van der Waals surface area contributed by atoms with E-state index >= 15 is 0 Å². The minimum absolute atomic E-state index is 0.0251. The summed E-state index contributed by atoms with van der Waals surface area (Å²) in [5, 5.41) is 0.410. The van der Waals surface area contributed by atoms with Gasteiger partial charge in [0.05, 0.1) is 5.52 Å². The molecule has 0 atom stereocenters. The summed E-state index contributed by atoms with van der Waals surface area (Å²) in [6.07, 6.45) is -3.15. The number of rotatable bonds is 1. The predicted molar refractivity (Wildman–Crippen MR) is 60.4 cm³/mol. The highest BCUT2D eigenvalue weighted by Gasteiger charge is 2.32. The fourth-order valence-corrected chi connectivity index (χ4v) is 1.57. The van der Waals surface area contributed by atoms with E-state index in [4.69, 9.17) is 18.0 Å². The summed E-state index contributed by atoms with van der Waals surface area (Å²) in [4.78, 5) is 7.45. The Morgan fingerprint density at radius 2 is 1.94 bits per heavy atom. The van der Waals surface area contributed by atoms with Gasteiger partial charge < -0.3 is 5.73 Å². The van der Waals surface area contributed by atoms with E-state index in [2.05, 4.69) is 9.97 Å². The van der Waals surface area contributed by atoms with Crippen LogP contribution in [0.15, 0.2) is 24.4 Å². The van der Waals surface area contributed by atoms with Crippen molar-refractivity contribution in [2.75, 3.05) is 0 Å². The maximum Gasteiger partial charge on any atom is 0.433 e. The molecule has 0 spiro atoms. The third-order valence-electron chi connectivity index (χ3n) is 2.14. The summed E-state index contributed by atoms with van der Waals surface area (Å²) < 4.78 is 37.3. The van der Waals surface area contributed by atoms with Crippen molar-refractivity contribution in [3.05, 3.63) is 35.8 Å². The van der Waals surface area contributed by atoms with Gasteiger partial charge in [-0.2, -0.15) is 13.2 Å². The topological polar surface area (TPSA) is 51.8 Å². The number of alkyl halides is 3. The van der Waals surface area contributed by atoms with Crippen LogP contribution in [-0.4, -0.2) is 15.0 Å². The van der Waals surface area contributed by atoms with Crippen LogP contribution in [0.2, 0.25) is 0 Å². The molecule has 0 aliphatic heterocycles. The Kier molecular flexibility index (Phi) is 2.70. The molecule has 0 saturated heterocycles. The first-order valence-electron chi connectivity index (χ1n) is 4.52. The summed E-state index contributed by atoms with van der Waals surface area (Å²) in [5.74, 6) is 0. The Morgan fingerprint density at radius 3 is 2.53 bits per heavy atom. The van der Waals surface area contributed by atoms with Gasteiger partial charge in [-0.3, -0.25) is 4.98 Å². The largest absolute Gasteiger partial charge is 0.433 e. The van der Waals surface area contributed by atoms with Crippen molar-refractivity contribution in [3.8, 4) is 0 Å². The van der Waals surface area contributed by atoms with Gasteiger partial charge >= 0.3 is 6.18 Å². The van der Waals surface area contributed by atoms with Crippen LogP contribution in [0.25, 0.3) is 10.9 Å². The average molecular weight is 257 g/mol. The highest BCUT2D eigenvalue weighted by Crippen LogP contribution is 2.29. The molecular formula is C10H6F3N3S. The number of nitrogens with two attached hydrogens (primary N) is 1. The molecular weight excluding hydrogens is 251 g/mol. The van der Waals surface area contributed by atoms with E-state index in [1.807, 2.05) is 0 Å². The van der Waals surface area contributed by atoms with Crippen LogP contribution < -0.4 is 5.73 Å². The second-order valence-corrected chi connectivity index (χ2v) is 3.72. The van der Waals surface area contributed by atoms with E-state index in [0.29, 0.717) is 5.39 Å². The number of thiocarbonyl (C=S) groups is 1. The van der Waals surface area contributed by atoms with E-state index in [0.717, 1.165) is 6.07 Å². The van der Waals surface area contributed by atoms with Gasteiger partial charge in [-0.05, 0) is 18.2 Å². The summed E-state index contributed by atoms with van der Waals surface area (Å²) >= 11 is 4.76. The molecule has 2 heterocycles. The fraction of sp³-hybridized carbons (Fsp3) is 0.100. The molecule has 2 N–H and O–H groups in total. The fourth-order valence-electron chi connectivity index (χ4n) is 1.41. The molecule has 2 rings (SSSR count). The summed E-state index contributed by atoms with van der Waals surface area (Å²) in [7, 11) is 0.